The van der Waals surface area contributed by atoms with Crippen molar-refractivity contribution in [2.45, 2.75) is 26.3 Å². The van der Waals surface area contributed by atoms with Crippen LogP contribution in [0.4, 0.5) is 5.82 Å². The van der Waals surface area contributed by atoms with Crippen molar-refractivity contribution in [1.29, 1.82) is 0 Å². The Morgan fingerprint density at radius 3 is 3.00 bits per heavy atom. The molecule has 0 radical (unpaired) electrons. The Labute approximate surface area is 122 Å². The molecule has 2 N–H and O–H groups in total. The van der Waals surface area contributed by atoms with Gasteiger partial charge in [0.25, 0.3) is 5.91 Å². The van der Waals surface area contributed by atoms with Gasteiger partial charge in [0.1, 0.15) is 11.5 Å². The van der Waals surface area contributed by atoms with Gasteiger partial charge in [-0.05, 0) is 25.3 Å². The van der Waals surface area contributed by atoms with E-state index in [0.717, 1.165) is 13.0 Å². The van der Waals surface area contributed by atoms with Gasteiger partial charge in [-0.2, -0.15) is 0 Å². The molecule has 1 amide bonds. The summed E-state index contributed by atoms with van der Waals surface area (Å²) in [7, 11) is 0. The fraction of sp³-hybridized carbons (Fsp3) is 0.357. The Balaban J connectivity index is 1.95. The predicted molar refractivity (Wildman–Crippen MR) is 81.1 cm³/mol. The van der Waals surface area contributed by atoms with Gasteiger partial charge >= 0.3 is 0 Å². The number of carbonyl (C=O) groups excluding carboxylic acids is 1. The highest BCUT2D eigenvalue weighted by molar-refractivity contribution is 7.09. The summed E-state index contributed by atoms with van der Waals surface area (Å²) >= 11 is 1.69. The van der Waals surface area contributed by atoms with E-state index in [1.165, 1.54) is 11.1 Å². The van der Waals surface area contributed by atoms with E-state index in [1.54, 1.807) is 17.5 Å². The molecule has 1 unspecified atom stereocenters. The van der Waals surface area contributed by atoms with Crippen LogP contribution in [0, 0.1) is 0 Å². The first-order valence-electron chi connectivity index (χ1n) is 6.58. The number of hydrogen-bond donors (Lipinski definition) is 2. The van der Waals surface area contributed by atoms with Gasteiger partial charge in [0.2, 0.25) is 0 Å². The Bertz CT molecular complexity index is 556. The van der Waals surface area contributed by atoms with Crippen molar-refractivity contribution in [3.05, 3.63) is 40.5 Å². The van der Waals surface area contributed by atoms with Crippen LogP contribution in [0.1, 0.15) is 29.2 Å². The van der Waals surface area contributed by atoms with Crippen molar-refractivity contribution in [1.82, 2.24) is 15.3 Å². The zero-order valence-electron chi connectivity index (χ0n) is 11.6. The number of carbonyl (C=O) groups is 1. The van der Waals surface area contributed by atoms with E-state index < -0.39 is 0 Å². The van der Waals surface area contributed by atoms with E-state index >= 15 is 0 Å². The Morgan fingerprint density at radius 1 is 1.45 bits per heavy atom. The molecule has 0 aliphatic heterocycles. The maximum absolute atomic E-state index is 12.1. The third kappa shape index (κ3) is 4.03. The Morgan fingerprint density at radius 2 is 2.30 bits per heavy atom. The molecule has 0 aliphatic carbocycles. The largest absolute Gasteiger partial charge is 0.369 e. The first-order valence-corrected chi connectivity index (χ1v) is 7.46. The van der Waals surface area contributed by atoms with Crippen LogP contribution in [0.2, 0.25) is 0 Å². The number of anilines is 1. The summed E-state index contributed by atoms with van der Waals surface area (Å²) in [4.78, 5) is 21.6. The van der Waals surface area contributed by atoms with Gasteiger partial charge in [-0.15, -0.1) is 11.3 Å². The average molecular weight is 290 g/mol. The molecule has 5 nitrogen and oxygen atoms in total. The normalized spacial score (nSPS) is 11.9. The second-order valence-electron chi connectivity index (χ2n) is 4.48. The van der Waals surface area contributed by atoms with Crippen LogP contribution in [0.5, 0.6) is 0 Å². The van der Waals surface area contributed by atoms with E-state index in [2.05, 4.69) is 26.7 Å². The van der Waals surface area contributed by atoms with Crippen molar-refractivity contribution in [2.24, 2.45) is 0 Å². The third-order valence-corrected chi connectivity index (χ3v) is 3.59. The molecule has 0 fully saturated rings. The van der Waals surface area contributed by atoms with Crippen LogP contribution in [0.3, 0.4) is 0 Å². The lowest BCUT2D eigenvalue weighted by atomic mass is 10.2. The van der Waals surface area contributed by atoms with Crippen molar-refractivity contribution in [2.75, 3.05) is 11.9 Å². The molecule has 20 heavy (non-hydrogen) atoms. The van der Waals surface area contributed by atoms with E-state index in [0.29, 0.717) is 11.5 Å². The Kier molecular flexibility index (Phi) is 5.06. The van der Waals surface area contributed by atoms with Crippen LogP contribution in [-0.4, -0.2) is 28.5 Å². The van der Waals surface area contributed by atoms with Crippen molar-refractivity contribution < 1.29 is 4.79 Å². The molecular formula is C14H18N4OS. The van der Waals surface area contributed by atoms with Crippen LogP contribution < -0.4 is 10.6 Å². The number of amides is 1. The highest BCUT2D eigenvalue weighted by atomic mass is 32.1. The zero-order chi connectivity index (χ0) is 14.4. The predicted octanol–water partition coefficient (Wildman–Crippen LogP) is 2.33. The van der Waals surface area contributed by atoms with Crippen LogP contribution >= 0.6 is 11.3 Å². The molecule has 6 heteroatoms. The van der Waals surface area contributed by atoms with Gasteiger partial charge < -0.3 is 10.6 Å². The van der Waals surface area contributed by atoms with Crippen LogP contribution in [0.25, 0.3) is 0 Å². The third-order valence-electron chi connectivity index (χ3n) is 2.69. The minimum Gasteiger partial charge on any atom is -0.369 e. The number of aromatic nitrogens is 2. The first kappa shape index (κ1) is 14.5. The summed E-state index contributed by atoms with van der Waals surface area (Å²) in [5.74, 6) is 0.423. The number of nitrogens with zero attached hydrogens (tertiary/aromatic N) is 2. The molecule has 0 saturated heterocycles. The first-order chi connectivity index (χ1) is 9.69. The molecule has 2 heterocycles. The molecule has 106 valence electrons. The second-order valence-corrected chi connectivity index (χ2v) is 5.51. The van der Waals surface area contributed by atoms with Crippen LogP contribution in [-0.2, 0) is 6.42 Å². The minimum atomic E-state index is -0.193. The molecule has 2 aromatic heterocycles. The highest BCUT2D eigenvalue weighted by Gasteiger charge is 2.12. The molecule has 1 atom stereocenters. The summed E-state index contributed by atoms with van der Waals surface area (Å²) in [5, 5.41) is 8.02. The quantitative estimate of drug-likeness (QED) is 0.857. The number of thiophene rings is 1. The fourth-order valence-corrected chi connectivity index (χ4v) is 2.66. The number of nitrogens with one attached hydrogen (secondary N) is 2. The van der Waals surface area contributed by atoms with Crippen molar-refractivity contribution >= 4 is 23.1 Å². The number of rotatable bonds is 6. The molecule has 0 bridgehead atoms. The summed E-state index contributed by atoms with van der Waals surface area (Å²) in [5.41, 5.74) is 0.335. The smallest absolute Gasteiger partial charge is 0.271 e. The molecule has 2 rings (SSSR count). The number of hydrogen-bond acceptors (Lipinski definition) is 5. The van der Waals surface area contributed by atoms with Crippen molar-refractivity contribution in [3.63, 3.8) is 0 Å². The average Bonchev–Trinajstić information content (AvgIpc) is 2.92. The lowest BCUT2D eigenvalue weighted by Crippen LogP contribution is -2.34. The maximum atomic E-state index is 12.1. The second kappa shape index (κ2) is 7.00. The maximum Gasteiger partial charge on any atom is 0.271 e. The van der Waals surface area contributed by atoms with E-state index in [9.17, 15) is 4.79 Å². The Hall–Kier alpha value is -1.95. The standard InChI is InChI=1S/C14H18N4OS/c1-3-16-13-9-15-8-12(18-13)14(19)17-10(2)7-11-5-4-6-20-11/h4-6,8-10H,3,7H2,1-2H3,(H,16,18)(H,17,19). The van der Waals surface area contributed by atoms with E-state index in [-0.39, 0.29) is 11.9 Å². The van der Waals surface area contributed by atoms with E-state index in [1.807, 2.05) is 25.3 Å². The molecule has 0 saturated carbocycles. The van der Waals surface area contributed by atoms with E-state index in [4.69, 9.17) is 0 Å². The van der Waals surface area contributed by atoms with Gasteiger partial charge in [-0.1, -0.05) is 6.07 Å². The highest BCUT2D eigenvalue weighted by Crippen LogP contribution is 2.11. The summed E-state index contributed by atoms with van der Waals surface area (Å²) in [6, 6.07) is 4.14. The van der Waals surface area contributed by atoms with Crippen LogP contribution in [0.15, 0.2) is 29.9 Å². The summed E-state index contributed by atoms with van der Waals surface area (Å²) in [6.07, 6.45) is 3.91. The molecule has 0 spiro atoms. The topological polar surface area (TPSA) is 66.9 Å². The lowest BCUT2D eigenvalue weighted by Gasteiger charge is -2.12. The van der Waals surface area contributed by atoms with Gasteiger partial charge in [0.05, 0.1) is 12.4 Å². The molecular weight excluding hydrogens is 272 g/mol. The van der Waals surface area contributed by atoms with Gasteiger partial charge in [0, 0.05) is 23.9 Å². The summed E-state index contributed by atoms with van der Waals surface area (Å²) < 4.78 is 0. The fourth-order valence-electron chi connectivity index (χ4n) is 1.82. The van der Waals surface area contributed by atoms with Crippen molar-refractivity contribution in [3.8, 4) is 0 Å². The van der Waals surface area contributed by atoms with Gasteiger partial charge in [-0.25, -0.2) is 4.98 Å². The molecule has 2 aromatic rings. The lowest BCUT2D eigenvalue weighted by molar-refractivity contribution is 0.0935. The van der Waals surface area contributed by atoms with Gasteiger partial charge in [-0.3, -0.25) is 9.78 Å². The summed E-state index contributed by atoms with van der Waals surface area (Å²) in [6.45, 7) is 4.70. The molecule has 0 aromatic carbocycles. The molecule has 0 aliphatic rings. The monoisotopic (exact) mass is 290 g/mol. The minimum absolute atomic E-state index is 0.0609. The zero-order valence-corrected chi connectivity index (χ0v) is 12.4. The SMILES string of the molecule is CCNc1cncc(C(=O)NC(C)Cc2cccs2)n1. The van der Waals surface area contributed by atoms with Gasteiger partial charge in [0.15, 0.2) is 0 Å².